The Bertz CT molecular complexity index is 2930. The fourth-order valence-electron chi connectivity index (χ4n) is 8.58. The first-order chi connectivity index (χ1) is 25.3. The Hall–Kier alpha value is -6.24. The van der Waals surface area contributed by atoms with E-state index in [0.717, 1.165) is 50.0 Å². The quantitative estimate of drug-likeness (QED) is 0.172. The van der Waals surface area contributed by atoms with Gasteiger partial charge in [0.15, 0.2) is 0 Å². The van der Waals surface area contributed by atoms with Crippen molar-refractivity contribution in [2.45, 2.75) is 0 Å². The molecule has 51 heavy (non-hydrogen) atoms. The Morgan fingerprint density at radius 3 is 1.86 bits per heavy atom. The average molecular weight is 712 g/mol. The molecule has 0 N–H and O–H groups in total. The average Bonchev–Trinajstić information content (AvgIpc) is 3.84. The van der Waals surface area contributed by atoms with Gasteiger partial charge >= 0.3 is 298 Å². The molecule has 7 aromatic carbocycles. The van der Waals surface area contributed by atoms with Crippen molar-refractivity contribution in [2.24, 2.45) is 0 Å². The molecule has 4 nitrogen and oxygen atoms in total. The van der Waals surface area contributed by atoms with Crippen LogP contribution in [0.1, 0.15) is 0 Å². The van der Waals surface area contributed by atoms with Crippen molar-refractivity contribution >= 4 is 74.6 Å². The SMILES string of the molecule is c1ccc(-c2nc3[c](c(-n4c5ccccc5c5cc6c(cc54)oc4ccccc46)n2)[Ge]([c]2ccccc2)([c]2ccccc2)[c]2ccccc2-3)cc1. The number of para-hydroxylation sites is 2. The molecule has 0 radical (unpaired) electrons. The molecule has 0 aliphatic carbocycles. The van der Waals surface area contributed by atoms with Gasteiger partial charge in [-0.25, -0.2) is 0 Å². The summed E-state index contributed by atoms with van der Waals surface area (Å²) in [5.41, 5.74) is 7.14. The van der Waals surface area contributed by atoms with Crippen LogP contribution in [0.2, 0.25) is 0 Å². The second-order valence-electron chi connectivity index (χ2n) is 13.3. The number of furan rings is 1. The van der Waals surface area contributed by atoms with E-state index in [9.17, 15) is 0 Å². The van der Waals surface area contributed by atoms with E-state index in [1.807, 2.05) is 12.1 Å². The summed E-state index contributed by atoms with van der Waals surface area (Å²) in [7, 11) is 0. The number of hydrogen-bond acceptors (Lipinski definition) is 3. The summed E-state index contributed by atoms with van der Waals surface area (Å²) < 4.78 is 14.3. The molecule has 0 spiro atoms. The molecular formula is C46H29GeN3O. The predicted octanol–water partition coefficient (Wildman–Crippen LogP) is 8.50. The van der Waals surface area contributed by atoms with E-state index < -0.39 is 13.3 Å². The summed E-state index contributed by atoms with van der Waals surface area (Å²) in [6.45, 7) is 0. The molecule has 11 rings (SSSR count). The summed E-state index contributed by atoms with van der Waals surface area (Å²) in [4.78, 5) is 11.2. The van der Waals surface area contributed by atoms with Gasteiger partial charge in [-0.3, -0.25) is 0 Å². The Balaban J connectivity index is 1.36. The predicted molar refractivity (Wildman–Crippen MR) is 212 cm³/mol. The van der Waals surface area contributed by atoms with Gasteiger partial charge in [-0.05, 0) is 0 Å². The van der Waals surface area contributed by atoms with Gasteiger partial charge in [0, 0.05) is 0 Å². The molecule has 0 amide bonds. The van der Waals surface area contributed by atoms with Crippen molar-refractivity contribution in [1.82, 2.24) is 14.5 Å². The van der Waals surface area contributed by atoms with Crippen molar-refractivity contribution < 1.29 is 4.42 Å². The summed E-state index contributed by atoms with van der Waals surface area (Å²) in [6, 6.07) is 63.2. The van der Waals surface area contributed by atoms with Gasteiger partial charge in [0.05, 0.1) is 0 Å². The third-order valence-electron chi connectivity index (χ3n) is 10.7. The summed E-state index contributed by atoms with van der Waals surface area (Å²) >= 11 is -3.77. The number of aromatic nitrogens is 3. The fourth-order valence-corrected chi connectivity index (χ4v) is 19.5. The minimum absolute atomic E-state index is 0.717. The first-order valence-electron chi connectivity index (χ1n) is 17.3. The minimum atomic E-state index is -3.77. The summed E-state index contributed by atoms with van der Waals surface area (Å²) in [6.07, 6.45) is 0. The molecule has 0 bridgehead atoms. The van der Waals surface area contributed by atoms with Crippen LogP contribution in [0.5, 0.6) is 0 Å². The molecule has 5 heteroatoms. The monoisotopic (exact) mass is 713 g/mol. The molecule has 0 atom stereocenters. The molecule has 0 saturated heterocycles. The van der Waals surface area contributed by atoms with Gasteiger partial charge in [0.2, 0.25) is 0 Å². The van der Waals surface area contributed by atoms with Gasteiger partial charge in [0.1, 0.15) is 0 Å². The normalized spacial score (nSPS) is 13.3. The first-order valence-corrected chi connectivity index (χ1v) is 21.5. The van der Waals surface area contributed by atoms with Crippen LogP contribution in [0.4, 0.5) is 0 Å². The number of hydrogen-bond donors (Lipinski definition) is 0. The topological polar surface area (TPSA) is 43.9 Å². The summed E-state index contributed by atoms with van der Waals surface area (Å²) in [5.74, 6) is 1.65. The molecule has 3 aromatic heterocycles. The fraction of sp³-hybridized carbons (Fsp3) is 0. The molecule has 1 aliphatic rings. The number of fused-ring (bicyclic) bond motifs is 9. The third kappa shape index (κ3) is 3.96. The molecule has 10 aromatic rings. The van der Waals surface area contributed by atoms with Crippen LogP contribution >= 0.6 is 0 Å². The van der Waals surface area contributed by atoms with Crippen LogP contribution in [0.25, 0.3) is 72.2 Å². The first kappa shape index (κ1) is 28.6. The van der Waals surface area contributed by atoms with E-state index in [1.165, 1.54) is 33.9 Å². The maximum atomic E-state index is 6.53. The van der Waals surface area contributed by atoms with Crippen molar-refractivity contribution in [3.05, 3.63) is 176 Å². The molecular weight excluding hydrogens is 683 g/mol. The van der Waals surface area contributed by atoms with Crippen LogP contribution in [-0.4, -0.2) is 27.8 Å². The van der Waals surface area contributed by atoms with Gasteiger partial charge in [0.25, 0.3) is 0 Å². The van der Waals surface area contributed by atoms with Crippen LogP contribution < -0.4 is 17.6 Å². The van der Waals surface area contributed by atoms with Crippen LogP contribution in [-0.2, 0) is 0 Å². The van der Waals surface area contributed by atoms with Gasteiger partial charge < -0.3 is 0 Å². The van der Waals surface area contributed by atoms with Gasteiger partial charge in [-0.15, -0.1) is 0 Å². The van der Waals surface area contributed by atoms with E-state index in [2.05, 4.69) is 168 Å². The molecule has 0 saturated carbocycles. The third-order valence-corrected chi connectivity index (χ3v) is 20.9. The Kier molecular flexibility index (Phi) is 6.10. The molecule has 238 valence electrons. The zero-order chi connectivity index (χ0) is 33.5. The Labute approximate surface area is 296 Å². The van der Waals surface area contributed by atoms with E-state index in [0.29, 0.717) is 5.82 Å². The molecule has 0 unspecified atom stereocenters. The van der Waals surface area contributed by atoms with E-state index >= 15 is 0 Å². The van der Waals surface area contributed by atoms with E-state index in [1.54, 1.807) is 0 Å². The number of rotatable bonds is 4. The van der Waals surface area contributed by atoms with Crippen molar-refractivity contribution in [3.63, 3.8) is 0 Å². The number of benzene rings is 7. The Morgan fingerprint density at radius 1 is 0.471 bits per heavy atom. The van der Waals surface area contributed by atoms with Gasteiger partial charge in [-0.1, -0.05) is 0 Å². The second-order valence-corrected chi connectivity index (χ2v) is 21.1. The van der Waals surface area contributed by atoms with Crippen molar-refractivity contribution in [3.8, 4) is 28.5 Å². The zero-order valence-corrected chi connectivity index (χ0v) is 29.6. The van der Waals surface area contributed by atoms with Crippen LogP contribution in [0.3, 0.4) is 0 Å². The van der Waals surface area contributed by atoms with Crippen LogP contribution in [0, 0.1) is 0 Å². The van der Waals surface area contributed by atoms with E-state index in [-0.39, 0.29) is 0 Å². The molecule has 1 aliphatic heterocycles. The molecule has 4 heterocycles. The van der Waals surface area contributed by atoms with Crippen LogP contribution in [0.15, 0.2) is 180 Å². The van der Waals surface area contributed by atoms with Gasteiger partial charge in [-0.2, -0.15) is 0 Å². The summed E-state index contributed by atoms with van der Waals surface area (Å²) in [5, 5.41) is 4.60. The second kappa shape index (κ2) is 10.9. The Morgan fingerprint density at radius 2 is 1.10 bits per heavy atom. The van der Waals surface area contributed by atoms with Crippen molar-refractivity contribution in [2.75, 3.05) is 0 Å². The zero-order valence-electron chi connectivity index (χ0n) is 27.5. The number of nitrogens with zero attached hydrogens (tertiary/aromatic N) is 3. The maximum absolute atomic E-state index is 6.53. The van der Waals surface area contributed by atoms with E-state index in [4.69, 9.17) is 14.4 Å². The molecule has 0 fully saturated rings. The standard InChI is InChI=1S/C46H29GeN3O/c1-4-16-30(17-5-1)45-48-44-35-24-10-13-25-38(35)47(31-18-6-2-7-19-31,32-20-8-3-9-21-32)43(44)46(49-45)50-39-26-14-11-22-33(39)36-28-37-34-23-12-15-27-41(34)51-42(37)29-40(36)50/h1-29H. The van der Waals surface area contributed by atoms with Crippen molar-refractivity contribution in [1.29, 1.82) is 0 Å².